The average Bonchev–Trinajstić information content (AvgIpc) is 2.90. The van der Waals surface area contributed by atoms with Crippen LogP contribution in [0.2, 0.25) is 0 Å². The Kier molecular flexibility index (Phi) is 9.54. The van der Waals surface area contributed by atoms with E-state index in [-0.39, 0.29) is 0 Å². The number of likely N-dealkylation sites (tertiary alicyclic amines) is 1. The highest BCUT2D eigenvalue weighted by Crippen LogP contribution is 2.12. The zero-order valence-corrected chi connectivity index (χ0v) is 12.4. The summed E-state index contributed by atoms with van der Waals surface area (Å²) in [5, 5.41) is 0. The third-order valence-corrected chi connectivity index (χ3v) is 3.92. The molecule has 1 aliphatic heterocycles. The van der Waals surface area contributed by atoms with Crippen molar-refractivity contribution in [2.75, 3.05) is 32.8 Å². The molecule has 1 N–H and O–H groups in total. The van der Waals surface area contributed by atoms with Crippen molar-refractivity contribution in [2.24, 2.45) is 5.92 Å². The van der Waals surface area contributed by atoms with Crippen molar-refractivity contribution in [2.45, 2.75) is 58.8 Å². The Hall–Kier alpha value is -0.120. The highest BCUT2D eigenvalue weighted by molar-refractivity contribution is 4.65. The topological polar surface area (TPSA) is 24.5 Å². The molecule has 0 aliphatic carbocycles. The van der Waals surface area contributed by atoms with Crippen LogP contribution in [0, 0.1) is 5.92 Å². The van der Waals surface area contributed by atoms with Crippen LogP contribution >= 0.6 is 0 Å². The maximum atomic E-state index is 5.58. The largest absolute Gasteiger partial charge is 0.303 e. The molecule has 0 amide bonds. The summed E-state index contributed by atoms with van der Waals surface area (Å²) in [6.45, 7) is 10.2. The van der Waals surface area contributed by atoms with Crippen molar-refractivity contribution in [3.05, 3.63) is 0 Å². The number of hydrogen-bond donors (Lipinski definition) is 1. The summed E-state index contributed by atoms with van der Waals surface area (Å²) in [4.78, 5) is 8.13. The molecule has 3 heteroatoms. The molecular weight excluding hydrogens is 224 g/mol. The second-order valence-corrected chi connectivity index (χ2v) is 5.52. The number of rotatable bonds is 11. The predicted molar refractivity (Wildman–Crippen MR) is 77.6 cm³/mol. The Morgan fingerprint density at radius 3 is 2.61 bits per heavy atom. The van der Waals surface area contributed by atoms with Crippen LogP contribution in [0.15, 0.2) is 0 Å². The number of hydroxylamine groups is 1. The highest BCUT2D eigenvalue weighted by atomic mass is 16.6. The predicted octanol–water partition coefficient (Wildman–Crippen LogP) is 3.21. The van der Waals surface area contributed by atoms with Gasteiger partial charge in [-0.1, -0.05) is 33.1 Å². The third-order valence-electron chi connectivity index (χ3n) is 3.92. The van der Waals surface area contributed by atoms with Gasteiger partial charge >= 0.3 is 0 Å². The zero-order valence-electron chi connectivity index (χ0n) is 12.4. The van der Waals surface area contributed by atoms with E-state index in [2.05, 4.69) is 24.2 Å². The molecule has 0 bridgehead atoms. The van der Waals surface area contributed by atoms with Crippen molar-refractivity contribution < 1.29 is 4.84 Å². The smallest absolute Gasteiger partial charge is 0.0710 e. The lowest BCUT2D eigenvalue weighted by molar-refractivity contribution is 0.0127. The SMILES string of the molecule is CCCCC(CC)CONCCCN1CCCC1. The first kappa shape index (κ1) is 15.9. The van der Waals surface area contributed by atoms with Crippen molar-refractivity contribution in [3.63, 3.8) is 0 Å². The summed E-state index contributed by atoms with van der Waals surface area (Å²) in [5.74, 6) is 0.732. The summed E-state index contributed by atoms with van der Waals surface area (Å²) >= 11 is 0. The molecule has 1 unspecified atom stereocenters. The van der Waals surface area contributed by atoms with Gasteiger partial charge in [0.15, 0.2) is 0 Å². The van der Waals surface area contributed by atoms with E-state index in [0.717, 1.165) is 19.1 Å². The molecule has 1 atom stereocenters. The molecule has 0 spiro atoms. The molecule has 1 rings (SSSR count). The maximum Gasteiger partial charge on any atom is 0.0710 e. The first-order chi connectivity index (χ1) is 8.86. The standard InChI is InChI=1S/C15H32N2O/c1-3-5-9-15(4-2)14-18-16-10-8-13-17-11-6-7-12-17/h15-16H,3-14H2,1-2H3. The molecule has 0 aromatic carbocycles. The summed E-state index contributed by atoms with van der Waals surface area (Å²) < 4.78 is 0. The van der Waals surface area contributed by atoms with Gasteiger partial charge in [-0.2, -0.15) is 0 Å². The molecule has 18 heavy (non-hydrogen) atoms. The van der Waals surface area contributed by atoms with Gasteiger partial charge in [0.2, 0.25) is 0 Å². The normalized spacial score (nSPS) is 18.3. The Labute approximate surface area is 113 Å². The molecule has 0 saturated carbocycles. The van der Waals surface area contributed by atoms with Gasteiger partial charge in [0.05, 0.1) is 6.61 Å². The lowest BCUT2D eigenvalue weighted by Gasteiger charge is -2.16. The minimum atomic E-state index is 0.732. The van der Waals surface area contributed by atoms with Crippen LogP contribution in [0.5, 0.6) is 0 Å². The van der Waals surface area contributed by atoms with Gasteiger partial charge in [-0.05, 0) is 51.2 Å². The van der Waals surface area contributed by atoms with Crippen LogP contribution in [0.25, 0.3) is 0 Å². The molecule has 0 radical (unpaired) electrons. The van der Waals surface area contributed by atoms with E-state index in [1.807, 2.05) is 0 Å². The molecule has 1 saturated heterocycles. The molecule has 0 aromatic rings. The number of nitrogens with one attached hydrogen (secondary N) is 1. The van der Waals surface area contributed by atoms with E-state index in [1.54, 1.807) is 0 Å². The Morgan fingerprint density at radius 2 is 1.94 bits per heavy atom. The quantitative estimate of drug-likeness (QED) is 0.454. The minimum absolute atomic E-state index is 0.732. The summed E-state index contributed by atoms with van der Waals surface area (Å²) in [6.07, 6.45) is 9.14. The van der Waals surface area contributed by atoms with Gasteiger partial charge in [0.1, 0.15) is 0 Å². The van der Waals surface area contributed by atoms with Crippen LogP contribution in [0.4, 0.5) is 0 Å². The first-order valence-corrected chi connectivity index (χ1v) is 7.93. The van der Waals surface area contributed by atoms with Crippen LogP contribution in [0.3, 0.4) is 0 Å². The number of hydrogen-bond acceptors (Lipinski definition) is 3. The molecule has 1 aliphatic rings. The van der Waals surface area contributed by atoms with Gasteiger partial charge in [0, 0.05) is 6.54 Å². The van der Waals surface area contributed by atoms with E-state index in [0.29, 0.717) is 0 Å². The van der Waals surface area contributed by atoms with E-state index < -0.39 is 0 Å². The van der Waals surface area contributed by atoms with Crippen LogP contribution in [-0.2, 0) is 4.84 Å². The fourth-order valence-corrected chi connectivity index (χ4v) is 2.53. The van der Waals surface area contributed by atoms with Gasteiger partial charge in [-0.15, -0.1) is 0 Å². The van der Waals surface area contributed by atoms with Gasteiger partial charge < -0.3 is 9.74 Å². The lowest BCUT2D eigenvalue weighted by Crippen LogP contribution is -2.26. The first-order valence-electron chi connectivity index (χ1n) is 7.93. The van der Waals surface area contributed by atoms with Crippen LogP contribution in [0.1, 0.15) is 58.8 Å². The molecular formula is C15H32N2O. The van der Waals surface area contributed by atoms with Crippen molar-refractivity contribution in [1.82, 2.24) is 10.4 Å². The number of unbranched alkanes of at least 4 members (excludes halogenated alkanes) is 1. The monoisotopic (exact) mass is 256 g/mol. The van der Waals surface area contributed by atoms with Crippen LogP contribution in [-0.4, -0.2) is 37.7 Å². The van der Waals surface area contributed by atoms with Gasteiger partial charge in [-0.25, -0.2) is 5.48 Å². The molecule has 3 nitrogen and oxygen atoms in total. The lowest BCUT2D eigenvalue weighted by atomic mass is 10.0. The number of nitrogens with zero attached hydrogens (tertiary/aromatic N) is 1. The maximum absolute atomic E-state index is 5.58. The molecule has 1 heterocycles. The summed E-state index contributed by atoms with van der Waals surface area (Å²) in [7, 11) is 0. The minimum Gasteiger partial charge on any atom is -0.303 e. The third kappa shape index (κ3) is 7.34. The van der Waals surface area contributed by atoms with E-state index in [9.17, 15) is 0 Å². The summed E-state index contributed by atoms with van der Waals surface area (Å²) in [5.41, 5.74) is 3.12. The van der Waals surface area contributed by atoms with Crippen LogP contribution < -0.4 is 5.48 Å². The zero-order chi connectivity index (χ0) is 13.1. The fraction of sp³-hybridized carbons (Fsp3) is 1.00. The average molecular weight is 256 g/mol. The molecule has 0 aromatic heterocycles. The molecule has 1 fully saturated rings. The van der Waals surface area contributed by atoms with Crippen molar-refractivity contribution in [1.29, 1.82) is 0 Å². The second kappa shape index (κ2) is 10.8. The highest BCUT2D eigenvalue weighted by Gasteiger charge is 2.10. The van der Waals surface area contributed by atoms with E-state index in [4.69, 9.17) is 4.84 Å². The van der Waals surface area contributed by atoms with E-state index >= 15 is 0 Å². The van der Waals surface area contributed by atoms with Gasteiger partial charge in [-0.3, -0.25) is 0 Å². The van der Waals surface area contributed by atoms with E-state index in [1.165, 1.54) is 64.6 Å². The van der Waals surface area contributed by atoms with Crippen molar-refractivity contribution in [3.8, 4) is 0 Å². The Bertz CT molecular complexity index is 181. The summed E-state index contributed by atoms with van der Waals surface area (Å²) in [6, 6.07) is 0. The van der Waals surface area contributed by atoms with Crippen molar-refractivity contribution >= 4 is 0 Å². The fourth-order valence-electron chi connectivity index (χ4n) is 2.53. The Balaban J connectivity index is 1.87. The van der Waals surface area contributed by atoms with Gasteiger partial charge in [0.25, 0.3) is 0 Å². The Morgan fingerprint density at radius 1 is 1.17 bits per heavy atom. The second-order valence-electron chi connectivity index (χ2n) is 5.52. The molecule has 108 valence electrons.